The van der Waals surface area contributed by atoms with E-state index in [2.05, 4.69) is 68.5 Å². The summed E-state index contributed by atoms with van der Waals surface area (Å²) in [6.45, 7) is 6.51. The van der Waals surface area contributed by atoms with Gasteiger partial charge in [0.2, 0.25) is 0 Å². The maximum absolute atomic E-state index is 17.2. The molecule has 322 valence electrons. The molecular formula is C60H49F4N. The van der Waals surface area contributed by atoms with Crippen LogP contribution in [0.15, 0.2) is 168 Å². The van der Waals surface area contributed by atoms with Crippen molar-refractivity contribution in [2.24, 2.45) is 4.99 Å². The highest BCUT2D eigenvalue weighted by Gasteiger charge is 2.23. The molecule has 0 aliphatic rings. The zero-order valence-corrected chi connectivity index (χ0v) is 36.9. The number of aryl methyl sites for hydroxylation is 2. The molecular weight excluding hydrogens is 811 g/mol. The van der Waals surface area contributed by atoms with Gasteiger partial charge in [-0.15, -0.1) is 0 Å². The Hall–Kier alpha value is -7.11. The number of hydrogen-bond donors (Lipinski definition) is 0. The lowest BCUT2D eigenvalue weighted by atomic mass is 9.91. The van der Waals surface area contributed by atoms with Gasteiger partial charge in [0.1, 0.15) is 11.6 Å². The zero-order chi connectivity index (χ0) is 45.0. The van der Waals surface area contributed by atoms with Gasteiger partial charge < -0.3 is 0 Å². The van der Waals surface area contributed by atoms with Gasteiger partial charge in [-0.3, -0.25) is 4.99 Å². The number of unbranched alkanes of at least 4 members (excludes halogenated alkanes) is 2. The predicted molar refractivity (Wildman–Crippen MR) is 266 cm³/mol. The Morgan fingerprint density at radius 3 is 1.78 bits per heavy atom. The second-order valence-electron chi connectivity index (χ2n) is 16.9. The SMILES string of the molecule is CCCCCc1ccc(-c2ccc(-c3ccc(-c4ccc(-c5ccc6cc(C)ccc6c5)c(F)c4C=NC/C(=C/c4c5ccccc5cc5ccccc45)CC)c(F)c3F)c(F)c2)cc1. The molecule has 5 heteroatoms. The van der Waals surface area contributed by atoms with Crippen LogP contribution in [-0.2, 0) is 6.42 Å². The molecule has 0 atom stereocenters. The van der Waals surface area contributed by atoms with Crippen molar-refractivity contribution in [1.29, 1.82) is 0 Å². The lowest BCUT2D eigenvalue weighted by Crippen LogP contribution is -2.02. The molecule has 0 aliphatic carbocycles. The molecule has 9 rings (SSSR count). The second-order valence-corrected chi connectivity index (χ2v) is 16.9. The quantitative estimate of drug-likeness (QED) is 0.0474. The smallest absolute Gasteiger partial charge is 0.167 e. The minimum atomic E-state index is -1.22. The van der Waals surface area contributed by atoms with E-state index in [0.29, 0.717) is 23.1 Å². The number of nitrogens with zero attached hydrogens (tertiary/aromatic N) is 1. The molecule has 0 saturated carbocycles. The van der Waals surface area contributed by atoms with Crippen LogP contribution in [-0.4, -0.2) is 12.8 Å². The molecule has 0 aromatic heterocycles. The second kappa shape index (κ2) is 18.9. The van der Waals surface area contributed by atoms with E-state index >= 15 is 17.6 Å². The van der Waals surface area contributed by atoms with E-state index in [9.17, 15) is 0 Å². The molecule has 1 nitrogen and oxygen atoms in total. The Bertz CT molecular complexity index is 3230. The molecule has 0 fully saturated rings. The van der Waals surface area contributed by atoms with Gasteiger partial charge in [0, 0.05) is 34.0 Å². The third kappa shape index (κ3) is 8.89. The summed E-state index contributed by atoms with van der Waals surface area (Å²) in [5, 5.41) is 6.47. The van der Waals surface area contributed by atoms with Gasteiger partial charge in [0.15, 0.2) is 11.6 Å². The normalized spacial score (nSPS) is 12.0. The number of benzene rings is 9. The van der Waals surface area contributed by atoms with Crippen molar-refractivity contribution in [3.8, 4) is 44.5 Å². The number of rotatable bonds is 13. The van der Waals surface area contributed by atoms with Gasteiger partial charge in [-0.1, -0.05) is 178 Å². The van der Waals surface area contributed by atoms with Crippen LogP contribution in [0.25, 0.3) is 82.9 Å². The summed E-state index contributed by atoms with van der Waals surface area (Å²) in [6, 6.07) is 49.1. The van der Waals surface area contributed by atoms with Crippen molar-refractivity contribution >= 4 is 44.6 Å². The average Bonchev–Trinajstić information content (AvgIpc) is 3.32. The van der Waals surface area contributed by atoms with E-state index in [-0.39, 0.29) is 34.4 Å². The van der Waals surface area contributed by atoms with Gasteiger partial charge in [-0.05, 0) is 116 Å². The largest absolute Gasteiger partial charge is 0.288 e. The Balaban J connectivity index is 1.09. The van der Waals surface area contributed by atoms with Gasteiger partial charge in [-0.25, -0.2) is 17.6 Å². The fourth-order valence-electron chi connectivity index (χ4n) is 8.95. The number of halogens is 4. The lowest BCUT2D eigenvalue weighted by molar-refractivity contribution is 0.512. The van der Waals surface area contributed by atoms with E-state index in [1.165, 1.54) is 42.5 Å². The van der Waals surface area contributed by atoms with Gasteiger partial charge in [0.25, 0.3) is 0 Å². The molecule has 0 aliphatic heterocycles. The Morgan fingerprint density at radius 2 is 1.09 bits per heavy atom. The highest BCUT2D eigenvalue weighted by molar-refractivity contribution is 6.07. The van der Waals surface area contributed by atoms with Crippen molar-refractivity contribution < 1.29 is 17.6 Å². The molecule has 0 amide bonds. The first-order valence-corrected chi connectivity index (χ1v) is 22.5. The van der Waals surface area contributed by atoms with Crippen molar-refractivity contribution in [1.82, 2.24) is 0 Å². The molecule has 0 saturated heterocycles. The summed E-state index contributed by atoms with van der Waals surface area (Å²) < 4.78 is 65.9. The van der Waals surface area contributed by atoms with Crippen molar-refractivity contribution in [2.75, 3.05) is 6.54 Å². The molecule has 0 heterocycles. The Kier molecular flexibility index (Phi) is 12.6. The van der Waals surface area contributed by atoms with Crippen molar-refractivity contribution in [3.05, 3.63) is 209 Å². The highest BCUT2D eigenvalue weighted by Crippen LogP contribution is 2.39. The van der Waals surface area contributed by atoms with E-state index in [1.54, 1.807) is 18.2 Å². The summed E-state index contributed by atoms with van der Waals surface area (Å²) in [5.74, 6) is -3.71. The van der Waals surface area contributed by atoms with Gasteiger partial charge in [-0.2, -0.15) is 0 Å². The first-order chi connectivity index (χ1) is 31.7. The standard InChI is InChI=1S/C60H49F4N/c1-4-6-7-12-40-18-21-41(22-19-40)44-25-26-52(57(61)35-44)54-30-29-53(59(63)60(54)64)51-28-27-50(47-24-23-42-31-38(3)17-20-43(42)33-47)58(62)56(51)37-65-36-39(5-2)32-55-48-15-10-8-13-45(48)34-46-14-9-11-16-49(46)55/h8-11,13-35,37H,4-7,12,36H2,1-3H3/b39-32+,65-37?. The summed E-state index contributed by atoms with van der Waals surface area (Å²) >= 11 is 0. The molecule has 0 unspecified atom stereocenters. The third-order valence-corrected chi connectivity index (χ3v) is 12.6. The number of aliphatic imine (C=N–C) groups is 1. The molecule has 0 radical (unpaired) electrons. The van der Waals surface area contributed by atoms with E-state index in [0.717, 1.165) is 73.8 Å². The molecule has 0 bridgehead atoms. The Labute approximate surface area is 378 Å². The lowest BCUT2D eigenvalue weighted by Gasteiger charge is -2.15. The first kappa shape index (κ1) is 43.2. The van der Waals surface area contributed by atoms with Crippen molar-refractivity contribution in [3.63, 3.8) is 0 Å². The van der Waals surface area contributed by atoms with E-state index in [1.807, 2.05) is 73.7 Å². The fourth-order valence-corrected chi connectivity index (χ4v) is 8.95. The maximum Gasteiger partial charge on any atom is 0.167 e. The summed E-state index contributed by atoms with van der Waals surface area (Å²) in [7, 11) is 0. The van der Waals surface area contributed by atoms with Crippen LogP contribution in [0.5, 0.6) is 0 Å². The van der Waals surface area contributed by atoms with Crippen LogP contribution in [0.4, 0.5) is 17.6 Å². The predicted octanol–water partition coefficient (Wildman–Crippen LogP) is 17.3. The van der Waals surface area contributed by atoms with Gasteiger partial charge in [0.05, 0.1) is 6.54 Å². The van der Waals surface area contributed by atoms with Crippen LogP contribution in [0.3, 0.4) is 0 Å². The van der Waals surface area contributed by atoms with Crippen LogP contribution >= 0.6 is 0 Å². The molecule has 9 aromatic carbocycles. The minimum Gasteiger partial charge on any atom is -0.288 e. The van der Waals surface area contributed by atoms with Crippen molar-refractivity contribution in [2.45, 2.75) is 52.9 Å². The molecule has 0 spiro atoms. The highest BCUT2D eigenvalue weighted by atomic mass is 19.2. The van der Waals surface area contributed by atoms with Crippen LogP contribution < -0.4 is 0 Å². The maximum atomic E-state index is 17.2. The fraction of sp³-hybridized carbons (Fsp3) is 0.150. The molecule has 65 heavy (non-hydrogen) atoms. The number of fused-ring (bicyclic) bond motifs is 3. The number of hydrogen-bond acceptors (Lipinski definition) is 1. The average molecular weight is 860 g/mol. The van der Waals surface area contributed by atoms with Crippen LogP contribution in [0.1, 0.15) is 61.8 Å². The summed E-state index contributed by atoms with van der Waals surface area (Å²) in [4.78, 5) is 4.79. The third-order valence-electron chi connectivity index (χ3n) is 12.6. The van der Waals surface area contributed by atoms with Crippen LogP contribution in [0.2, 0.25) is 0 Å². The first-order valence-electron chi connectivity index (χ1n) is 22.5. The summed E-state index contributed by atoms with van der Waals surface area (Å²) in [6.07, 6.45) is 8.70. The molecule has 0 N–H and O–H groups in total. The summed E-state index contributed by atoms with van der Waals surface area (Å²) in [5.41, 5.74) is 6.55. The zero-order valence-electron chi connectivity index (χ0n) is 36.9. The molecule has 9 aromatic rings. The van der Waals surface area contributed by atoms with Gasteiger partial charge >= 0.3 is 0 Å². The van der Waals surface area contributed by atoms with E-state index in [4.69, 9.17) is 4.99 Å². The minimum absolute atomic E-state index is 0.0236. The topological polar surface area (TPSA) is 12.4 Å². The van der Waals surface area contributed by atoms with Crippen LogP contribution in [0, 0.1) is 30.2 Å². The Morgan fingerprint density at radius 1 is 0.492 bits per heavy atom. The van der Waals surface area contributed by atoms with E-state index < -0.39 is 23.3 Å². The monoisotopic (exact) mass is 859 g/mol.